The highest BCUT2D eigenvalue weighted by molar-refractivity contribution is 7.99. The minimum atomic E-state index is -4.74. The van der Waals surface area contributed by atoms with E-state index in [1.807, 2.05) is 32.0 Å². The van der Waals surface area contributed by atoms with Gasteiger partial charge < -0.3 is 15.2 Å². The molecule has 42 heavy (non-hydrogen) atoms. The topological polar surface area (TPSA) is 122 Å². The van der Waals surface area contributed by atoms with Gasteiger partial charge in [0.05, 0.1) is 35.0 Å². The molecule has 11 heteroatoms. The lowest BCUT2D eigenvalue weighted by atomic mass is 9.82. The highest BCUT2D eigenvalue weighted by atomic mass is 32.2. The minimum Gasteiger partial charge on any atom is -0.463 e. The number of carbonyl (C=O) groups excluding carboxylic acids is 1. The second-order valence-corrected chi connectivity index (χ2v) is 11.3. The van der Waals surface area contributed by atoms with Crippen LogP contribution in [0.25, 0.3) is 0 Å². The van der Waals surface area contributed by atoms with Crippen LogP contribution < -0.4 is 5.73 Å². The number of allylic oxidation sites excluding steroid dienone is 1. The summed E-state index contributed by atoms with van der Waals surface area (Å²) in [7, 11) is 0. The van der Waals surface area contributed by atoms with Gasteiger partial charge in [-0.2, -0.15) is 23.7 Å². The van der Waals surface area contributed by atoms with E-state index >= 15 is 0 Å². The number of fused-ring (bicyclic) bond motifs is 1. The highest BCUT2D eigenvalue weighted by Gasteiger charge is 2.41. The lowest BCUT2D eigenvalue weighted by molar-refractivity contribution is -0.139. The van der Waals surface area contributed by atoms with Gasteiger partial charge >= 0.3 is 12.1 Å². The van der Waals surface area contributed by atoms with Gasteiger partial charge in [-0.05, 0) is 55.2 Å². The third-order valence-corrected chi connectivity index (χ3v) is 8.33. The number of nitriles is 2. The number of halogens is 3. The van der Waals surface area contributed by atoms with Crippen LogP contribution in [0.15, 0.2) is 52.1 Å². The summed E-state index contributed by atoms with van der Waals surface area (Å²) < 4.78 is 54.0. The van der Waals surface area contributed by atoms with Crippen LogP contribution in [-0.2, 0) is 33.3 Å². The van der Waals surface area contributed by atoms with Gasteiger partial charge in [0.1, 0.15) is 28.5 Å². The zero-order valence-electron chi connectivity index (χ0n) is 23.6. The fourth-order valence-corrected chi connectivity index (χ4v) is 6.26. The molecule has 0 fully saturated rings. The first-order valence-electron chi connectivity index (χ1n) is 13.7. The molecule has 1 aromatic carbocycles. The van der Waals surface area contributed by atoms with E-state index < -0.39 is 29.2 Å². The number of rotatable bonds is 7. The molecule has 1 aliphatic carbocycles. The van der Waals surface area contributed by atoms with Crippen molar-refractivity contribution in [3.63, 3.8) is 0 Å². The fraction of sp³-hybridized carbons (Fsp3) is 0.419. The number of pyridine rings is 1. The summed E-state index contributed by atoms with van der Waals surface area (Å²) in [6, 6.07) is 11.2. The molecule has 4 rings (SSSR count). The van der Waals surface area contributed by atoms with Gasteiger partial charge in [-0.25, -0.2) is 9.78 Å². The van der Waals surface area contributed by atoms with Crippen molar-refractivity contribution in [2.24, 2.45) is 5.73 Å². The van der Waals surface area contributed by atoms with Crippen LogP contribution in [0, 0.1) is 22.7 Å². The van der Waals surface area contributed by atoms with Crippen molar-refractivity contribution in [2.45, 2.75) is 75.9 Å². The molecule has 7 nitrogen and oxygen atoms in total. The normalized spacial score (nSPS) is 17.2. The second-order valence-electron chi connectivity index (χ2n) is 10.4. The van der Waals surface area contributed by atoms with Crippen LogP contribution in [-0.4, -0.2) is 23.3 Å². The first-order chi connectivity index (χ1) is 20.0. The number of aromatic nitrogens is 1. The molecule has 2 aromatic rings. The van der Waals surface area contributed by atoms with Crippen molar-refractivity contribution in [1.82, 2.24) is 4.98 Å². The standard InChI is InChI=1S/C31H31F3N4O3S/c1-4-40-30(39)26-24(41-28(37)21(14-35)25(26)19-12-10-18(11-13-19)17(2)3)16-42-29-22(15-36)27(31(32,33)34)20-8-6-5-7-9-23(20)38-29/h10-13,17,25H,4-9,16,37H2,1-3H3. The third-order valence-electron chi connectivity index (χ3n) is 7.35. The monoisotopic (exact) mass is 596 g/mol. The average molecular weight is 597 g/mol. The SMILES string of the molecule is CCOC(=O)C1=C(CSc2nc3c(c(C(F)(F)F)c2C#N)CCCCC3)OC(N)=C(C#N)C1c1ccc(C(C)C)cc1. The van der Waals surface area contributed by atoms with Crippen LogP contribution in [0.1, 0.15) is 85.4 Å². The number of benzene rings is 1. The van der Waals surface area contributed by atoms with E-state index in [1.54, 1.807) is 25.1 Å². The predicted octanol–water partition coefficient (Wildman–Crippen LogP) is 6.78. The molecular weight excluding hydrogens is 565 g/mol. The molecule has 2 heterocycles. The molecule has 1 aliphatic heterocycles. The number of alkyl halides is 3. The number of thioether (sulfide) groups is 1. The summed E-state index contributed by atoms with van der Waals surface area (Å²) in [5.41, 5.74) is 6.78. The summed E-state index contributed by atoms with van der Waals surface area (Å²) in [6.45, 7) is 5.76. The van der Waals surface area contributed by atoms with Gasteiger partial charge in [0.2, 0.25) is 5.88 Å². The molecule has 0 amide bonds. The zero-order chi connectivity index (χ0) is 30.6. The Morgan fingerprint density at radius 2 is 1.86 bits per heavy atom. The Kier molecular flexibility index (Phi) is 9.53. The maximum Gasteiger partial charge on any atom is 0.418 e. The smallest absolute Gasteiger partial charge is 0.418 e. The first kappa shape index (κ1) is 31.0. The lowest BCUT2D eigenvalue weighted by Crippen LogP contribution is -2.27. The minimum absolute atomic E-state index is 0.0179. The van der Waals surface area contributed by atoms with Gasteiger partial charge in [-0.15, -0.1) is 0 Å². The van der Waals surface area contributed by atoms with Gasteiger partial charge in [0.25, 0.3) is 0 Å². The van der Waals surface area contributed by atoms with Crippen molar-refractivity contribution >= 4 is 17.7 Å². The number of esters is 1. The van der Waals surface area contributed by atoms with Crippen molar-refractivity contribution in [2.75, 3.05) is 12.4 Å². The van der Waals surface area contributed by atoms with Crippen LogP contribution in [0.3, 0.4) is 0 Å². The van der Waals surface area contributed by atoms with E-state index in [1.165, 1.54) is 0 Å². The van der Waals surface area contributed by atoms with E-state index in [4.69, 9.17) is 15.2 Å². The number of hydrogen-bond donors (Lipinski definition) is 1. The molecule has 2 aliphatic rings. The maximum absolute atomic E-state index is 14.3. The van der Waals surface area contributed by atoms with E-state index in [9.17, 15) is 28.5 Å². The molecule has 0 spiro atoms. The van der Waals surface area contributed by atoms with E-state index in [0.29, 0.717) is 30.5 Å². The van der Waals surface area contributed by atoms with Gasteiger partial charge in [-0.1, -0.05) is 56.3 Å². The number of nitrogens with two attached hydrogens (primary N) is 1. The number of carbonyl (C=O) groups is 1. The molecule has 1 unspecified atom stereocenters. The molecule has 0 radical (unpaired) electrons. The first-order valence-corrected chi connectivity index (χ1v) is 14.7. The molecular formula is C31H31F3N4O3S. The Labute approximate surface area is 247 Å². The Morgan fingerprint density at radius 1 is 1.17 bits per heavy atom. The largest absolute Gasteiger partial charge is 0.463 e. The Balaban J connectivity index is 1.83. The number of aryl methyl sites for hydroxylation is 1. The van der Waals surface area contributed by atoms with Crippen LogP contribution in [0.5, 0.6) is 0 Å². The van der Waals surface area contributed by atoms with Gasteiger partial charge in [-0.3, -0.25) is 0 Å². The van der Waals surface area contributed by atoms with E-state index in [2.05, 4.69) is 4.98 Å². The number of ether oxygens (including phenoxy) is 2. The Morgan fingerprint density at radius 3 is 2.45 bits per heavy atom. The quantitative estimate of drug-likeness (QED) is 0.211. The Bertz CT molecular complexity index is 1520. The van der Waals surface area contributed by atoms with Crippen molar-refractivity contribution < 1.29 is 27.4 Å². The molecule has 1 aromatic heterocycles. The van der Waals surface area contributed by atoms with E-state index in [0.717, 1.165) is 23.7 Å². The number of hydrogen-bond acceptors (Lipinski definition) is 8. The summed E-state index contributed by atoms with van der Waals surface area (Å²) >= 11 is 0.856. The fourth-order valence-electron chi connectivity index (χ4n) is 5.31. The van der Waals surface area contributed by atoms with Gasteiger partial charge in [0.15, 0.2) is 0 Å². The van der Waals surface area contributed by atoms with Gasteiger partial charge in [0, 0.05) is 5.69 Å². The molecule has 220 valence electrons. The summed E-state index contributed by atoms with van der Waals surface area (Å²) in [5.74, 6) is -1.77. The van der Waals surface area contributed by atoms with Crippen molar-refractivity contribution in [3.05, 3.63) is 80.6 Å². The lowest BCUT2D eigenvalue weighted by Gasteiger charge is -2.28. The Hall–Kier alpha value is -3.96. The molecule has 0 bridgehead atoms. The van der Waals surface area contributed by atoms with Crippen molar-refractivity contribution in [1.29, 1.82) is 10.5 Å². The zero-order valence-corrected chi connectivity index (χ0v) is 24.4. The predicted molar refractivity (Wildman–Crippen MR) is 151 cm³/mol. The third kappa shape index (κ3) is 6.27. The second kappa shape index (κ2) is 12.9. The number of nitrogens with zero attached hydrogens (tertiary/aromatic N) is 3. The molecule has 2 N–H and O–H groups in total. The van der Waals surface area contributed by atoms with Crippen LogP contribution in [0.4, 0.5) is 13.2 Å². The molecule has 0 saturated carbocycles. The van der Waals surface area contributed by atoms with E-state index in [-0.39, 0.29) is 58.1 Å². The average Bonchev–Trinajstić information content (AvgIpc) is 3.19. The molecule has 0 saturated heterocycles. The van der Waals surface area contributed by atoms with Crippen LogP contribution in [0.2, 0.25) is 0 Å². The molecule has 1 atom stereocenters. The van der Waals surface area contributed by atoms with Crippen LogP contribution >= 0.6 is 11.8 Å². The highest BCUT2D eigenvalue weighted by Crippen LogP contribution is 2.44. The summed E-state index contributed by atoms with van der Waals surface area (Å²) in [4.78, 5) is 17.8. The van der Waals surface area contributed by atoms with Crippen molar-refractivity contribution in [3.8, 4) is 12.1 Å². The maximum atomic E-state index is 14.3. The summed E-state index contributed by atoms with van der Waals surface area (Å²) in [5, 5.41) is 19.7. The summed E-state index contributed by atoms with van der Waals surface area (Å²) in [6.07, 6.45) is -2.10.